The number of hydrogen-bond acceptors (Lipinski definition) is 6. The van der Waals surface area contributed by atoms with Crippen LogP contribution in [0.4, 0.5) is 5.69 Å². The number of azide groups is 1. The minimum atomic E-state index is -1.35. The van der Waals surface area contributed by atoms with Gasteiger partial charge in [0.25, 0.3) is 5.91 Å². The first-order chi connectivity index (χ1) is 18.6. The Morgan fingerprint density at radius 3 is 2.61 bits per heavy atom. The summed E-state index contributed by atoms with van der Waals surface area (Å²) >= 11 is 0. The summed E-state index contributed by atoms with van der Waals surface area (Å²) in [7, 11) is 1.56. The molecule has 0 bridgehead atoms. The summed E-state index contributed by atoms with van der Waals surface area (Å²) in [5, 5.41) is 15.6. The number of aliphatic hydroxyl groups excluding tert-OH is 1. The third-order valence-electron chi connectivity index (χ3n) is 6.17. The van der Waals surface area contributed by atoms with Crippen molar-refractivity contribution in [2.45, 2.75) is 24.5 Å². The van der Waals surface area contributed by atoms with E-state index in [9.17, 15) is 4.79 Å². The molecule has 2 N–H and O–H groups in total. The van der Waals surface area contributed by atoms with Gasteiger partial charge in [0.15, 0.2) is 11.6 Å². The molecule has 0 radical (unpaired) electrons. The molecule has 9 heteroatoms. The number of likely N-dealkylation sites (N-methyl/N-ethyl adjacent to an activating group) is 1. The monoisotopic (exact) mass is 511 g/mol. The van der Waals surface area contributed by atoms with E-state index in [1.807, 2.05) is 54.6 Å². The molecule has 0 unspecified atom stereocenters. The van der Waals surface area contributed by atoms with Gasteiger partial charge in [0.05, 0.1) is 6.61 Å². The van der Waals surface area contributed by atoms with Gasteiger partial charge in [0.1, 0.15) is 5.75 Å². The van der Waals surface area contributed by atoms with Crippen molar-refractivity contribution in [3.8, 4) is 5.75 Å². The van der Waals surface area contributed by atoms with Gasteiger partial charge in [-0.3, -0.25) is 4.79 Å². The molecule has 1 aliphatic heterocycles. The Hall–Kier alpha value is -4.59. The van der Waals surface area contributed by atoms with Gasteiger partial charge < -0.3 is 19.9 Å². The second kappa shape index (κ2) is 12.6. The third kappa shape index (κ3) is 5.86. The summed E-state index contributed by atoms with van der Waals surface area (Å²) in [6.45, 7) is 0.459. The van der Waals surface area contributed by atoms with Crippen LogP contribution in [0.3, 0.4) is 0 Å². The number of carbonyl (C=O) groups is 1. The first-order valence-corrected chi connectivity index (χ1v) is 12.3. The highest BCUT2D eigenvalue weighted by atomic mass is 16.5. The topological polar surface area (TPSA) is 129 Å². The van der Waals surface area contributed by atoms with Gasteiger partial charge in [-0.2, -0.15) is 0 Å². The maximum atomic E-state index is 13.5. The molecular formula is C29H29N5O4. The molecule has 1 aliphatic rings. The van der Waals surface area contributed by atoms with Crippen LogP contribution in [0.5, 0.6) is 5.75 Å². The molecule has 194 valence electrons. The molecule has 4 rings (SSSR count). The second-order valence-corrected chi connectivity index (χ2v) is 8.63. The van der Waals surface area contributed by atoms with Crippen LogP contribution in [0.1, 0.15) is 35.6 Å². The lowest BCUT2D eigenvalue weighted by atomic mass is 9.83. The van der Waals surface area contributed by atoms with Gasteiger partial charge in [-0.25, -0.2) is 4.99 Å². The Bertz CT molecular complexity index is 1350. The van der Waals surface area contributed by atoms with Gasteiger partial charge in [-0.1, -0.05) is 71.9 Å². The average Bonchev–Trinajstić information content (AvgIpc) is 3.34. The van der Waals surface area contributed by atoms with Crippen LogP contribution in [0.15, 0.2) is 95.0 Å². The number of nitrogens with zero attached hydrogens (tertiary/aromatic N) is 4. The maximum Gasteiger partial charge on any atom is 0.252 e. The molecule has 2 atom stereocenters. The summed E-state index contributed by atoms with van der Waals surface area (Å²) in [5.74, 6) is 0.619. The molecule has 38 heavy (non-hydrogen) atoms. The summed E-state index contributed by atoms with van der Waals surface area (Å²) < 4.78 is 12.0. The molecule has 3 aromatic carbocycles. The number of aliphatic hydroxyl groups is 1. The highest BCUT2D eigenvalue weighted by molar-refractivity contribution is 6.01. The summed E-state index contributed by atoms with van der Waals surface area (Å²) in [4.78, 5) is 21.4. The van der Waals surface area contributed by atoms with Crippen LogP contribution in [0.25, 0.3) is 16.5 Å². The van der Waals surface area contributed by atoms with Crippen LogP contribution < -0.4 is 10.1 Å². The molecule has 9 nitrogen and oxygen atoms in total. The number of hydrogen-bond donors (Lipinski definition) is 2. The Kier molecular flexibility index (Phi) is 8.77. The van der Waals surface area contributed by atoms with Crippen molar-refractivity contribution in [2.75, 3.05) is 20.3 Å². The number of benzene rings is 3. The molecule has 0 spiro atoms. The first kappa shape index (κ1) is 26.5. The zero-order valence-corrected chi connectivity index (χ0v) is 21.0. The highest BCUT2D eigenvalue weighted by Crippen LogP contribution is 2.45. The molecule has 1 heterocycles. The van der Waals surface area contributed by atoms with Crippen LogP contribution in [-0.2, 0) is 9.53 Å². The van der Waals surface area contributed by atoms with Crippen molar-refractivity contribution in [2.24, 2.45) is 10.1 Å². The van der Waals surface area contributed by atoms with E-state index in [1.165, 1.54) is 0 Å². The standard InChI is InChI=1S/C29H29N5O4/c1-31-28(36)29(18-7-11-21-9-3-2-4-10-21)26(24-12-5-6-13-25(24)33-34-30)38-27(32-29)22-14-16-23(17-15-22)37-20-8-19-35/h2-7,9-17,26,35H,8,18-20H2,1H3,(H,31,36)/b11-7+/t26-,29-/m1/s1. The molecular weight excluding hydrogens is 482 g/mol. The quantitative estimate of drug-likeness (QED) is 0.152. The van der Waals surface area contributed by atoms with E-state index in [0.717, 1.165) is 5.56 Å². The molecule has 1 amide bonds. The van der Waals surface area contributed by atoms with Gasteiger partial charge in [-0.05, 0) is 35.4 Å². The minimum absolute atomic E-state index is 0.0573. The summed E-state index contributed by atoms with van der Waals surface area (Å²) in [5.41, 5.74) is 10.4. The fourth-order valence-corrected chi connectivity index (χ4v) is 4.30. The molecule has 0 aliphatic carbocycles. The lowest BCUT2D eigenvalue weighted by Crippen LogP contribution is -2.46. The predicted octanol–water partition coefficient (Wildman–Crippen LogP) is 5.50. The fourth-order valence-electron chi connectivity index (χ4n) is 4.30. The van der Waals surface area contributed by atoms with Crippen molar-refractivity contribution in [3.63, 3.8) is 0 Å². The Morgan fingerprint density at radius 1 is 1.16 bits per heavy atom. The third-order valence-corrected chi connectivity index (χ3v) is 6.17. The largest absolute Gasteiger partial charge is 0.494 e. The summed E-state index contributed by atoms with van der Waals surface area (Å²) in [6.07, 6.45) is 3.77. The smallest absolute Gasteiger partial charge is 0.252 e. The number of carbonyl (C=O) groups excluding carboxylic acids is 1. The normalized spacial score (nSPS) is 18.4. The van der Waals surface area contributed by atoms with Crippen LogP contribution >= 0.6 is 0 Å². The van der Waals surface area contributed by atoms with Crippen molar-refractivity contribution >= 4 is 23.6 Å². The van der Waals surface area contributed by atoms with Crippen molar-refractivity contribution < 1.29 is 19.4 Å². The average molecular weight is 512 g/mol. The van der Waals surface area contributed by atoms with Crippen LogP contribution in [-0.4, -0.2) is 42.7 Å². The first-order valence-electron chi connectivity index (χ1n) is 12.3. The maximum absolute atomic E-state index is 13.5. The Labute approximate surface area is 221 Å². The van der Waals surface area contributed by atoms with E-state index in [2.05, 4.69) is 15.3 Å². The van der Waals surface area contributed by atoms with Crippen LogP contribution in [0, 0.1) is 0 Å². The molecule has 3 aromatic rings. The van der Waals surface area contributed by atoms with Gasteiger partial charge in [0, 0.05) is 48.2 Å². The Balaban J connectivity index is 1.75. The SMILES string of the molecule is CNC(=O)[C@]1(C/C=C/c2ccccc2)N=C(c2ccc(OCCCO)cc2)O[C@@H]1c1ccccc1N=[N+]=[N-]. The van der Waals surface area contributed by atoms with Gasteiger partial charge in [0.2, 0.25) is 5.90 Å². The number of ether oxygens (including phenoxy) is 2. The van der Waals surface area contributed by atoms with E-state index in [-0.39, 0.29) is 18.9 Å². The van der Waals surface area contributed by atoms with Gasteiger partial charge >= 0.3 is 0 Å². The van der Waals surface area contributed by atoms with E-state index >= 15 is 0 Å². The summed E-state index contributed by atoms with van der Waals surface area (Å²) in [6, 6.07) is 24.0. The van der Waals surface area contributed by atoms with E-state index < -0.39 is 11.6 Å². The Morgan fingerprint density at radius 2 is 1.89 bits per heavy atom. The van der Waals surface area contributed by atoms with E-state index in [4.69, 9.17) is 25.1 Å². The van der Waals surface area contributed by atoms with E-state index in [1.54, 1.807) is 43.4 Å². The van der Waals surface area contributed by atoms with Crippen molar-refractivity contribution in [3.05, 3.63) is 112 Å². The van der Waals surface area contributed by atoms with Crippen molar-refractivity contribution in [1.29, 1.82) is 0 Å². The molecule has 0 fully saturated rings. The number of aliphatic imine (C=N–C) groups is 1. The highest BCUT2D eigenvalue weighted by Gasteiger charge is 2.52. The zero-order valence-electron chi connectivity index (χ0n) is 21.0. The van der Waals surface area contributed by atoms with E-state index in [0.29, 0.717) is 41.5 Å². The minimum Gasteiger partial charge on any atom is -0.494 e. The molecule has 0 saturated carbocycles. The number of amides is 1. The lowest BCUT2D eigenvalue weighted by molar-refractivity contribution is -0.128. The number of rotatable bonds is 11. The molecule has 0 saturated heterocycles. The number of nitrogens with one attached hydrogen (secondary N) is 1. The van der Waals surface area contributed by atoms with Crippen molar-refractivity contribution in [1.82, 2.24) is 5.32 Å². The van der Waals surface area contributed by atoms with Gasteiger partial charge in [-0.15, -0.1) is 0 Å². The molecule has 0 aromatic heterocycles. The second-order valence-electron chi connectivity index (χ2n) is 8.63. The lowest BCUT2D eigenvalue weighted by Gasteiger charge is -2.29. The van der Waals surface area contributed by atoms with Crippen LogP contribution in [0.2, 0.25) is 0 Å². The fraction of sp³-hybridized carbons (Fsp3) is 0.241. The predicted molar refractivity (Wildman–Crippen MR) is 146 cm³/mol. The zero-order chi connectivity index (χ0) is 26.8.